The summed E-state index contributed by atoms with van der Waals surface area (Å²) in [5.41, 5.74) is -3.64. The predicted octanol–water partition coefficient (Wildman–Crippen LogP) is 14.4. The van der Waals surface area contributed by atoms with Crippen LogP contribution in [-0.2, 0) is 54.2 Å². The number of carbonyl (C=O) groups is 6. The summed E-state index contributed by atoms with van der Waals surface area (Å²) in [4.78, 5) is 86.4. The molecule has 0 radical (unpaired) electrons. The first kappa shape index (κ1) is 61.3. The summed E-state index contributed by atoms with van der Waals surface area (Å²) < 4.78 is 30.8. The number of benzene rings is 1. The molecule has 9 atom stereocenters. The minimum absolute atomic E-state index is 0.0178. The van der Waals surface area contributed by atoms with Gasteiger partial charge in [0.2, 0.25) is 0 Å². The third-order valence-electron chi connectivity index (χ3n) is 19.0. The summed E-state index contributed by atoms with van der Waals surface area (Å²) in [5, 5.41) is 0.553. The number of hydrogen-bond donors (Lipinski definition) is 0. The zero-order valence-electron chi connectivity index (χ0n) is 50.3. The van der Waals surface area contributed by atoms with Crippen molar-refractivity contribution in [2.24, 2.45) is 61.6 Å². The number of nitrogens with zero attached hydrogens (tertiary/aromatic N) is 1. The summed E-state index contributed by atoms with van der Waals surface area (Å²) in [6.07, 6.45) is 4.54. The number of esters is 4. The SMILES string of the molecule is CC(C)C1=C2[C@H]3CC[C@@H]4[C@@]5(C)CC[C@H](OC(=O)CC(C)(C)C(=O)OC(C)(C)C)C(C)(C)[C@@H]5CC[C@@]4(C)[C@]3(C)CC[C@@]2([C@H](CN(Cc2ccc(Cl)cc2)C(=O)OC(C)(C)C)OC(=O)CC(C)(C)C(=O)OC(C)(C)C)CC1=O. The van der Waals surface area contributed by atoms with Crippen LogP contribution in [0.15, 0.2) is 35.4 Å². The fourth-order valence-electron chi connectivity index (χ4n) is 15.2. The first-order valence-electron chi connectivity index (χ1n) is 28.4. The fourth-order valence-corrected chi connectivity index (χ4v) is 15.4. The van der Waals surface area contributed by atoms with E-state index in [1.807, 2.05) is 53.7 Å². The number of halogens is 1. The van der Waals surface area contributed by atoms with Gasteiger partial charge < -0.3 is 28.6 Å². The zero-order chi connectivity index (χ0) is 57.4. The van der Waals surface area contributed by atoms with Gasteiger partial charge in [0.05, 0.1) is 30.2 Å². The zero-order valence-corrected chi connectivity index (χ0v) is 51.0. The predicted molar refractivity (Wildman–Crippen MR) is 296 cm³/mol. The number of rotatable bonds is 14. The monoisotopic (exact) mass is 1080 g/mol. The molecule has 0 unspecified atom stereocenters. The van der Waals surface area contributed by atoms with E-state index in [-0.39, 0.29) is 89.6 Å². The Bertz CT molecular complexity index is 2430. The number of ketones is 1. The van der Waals surface area contributed by atoms with Crippen LogP contribution in [0.2, 0.25) is 5.02 Å². The Hall–Kier alpha value is -3.93. The average molecular weight is 1080 g/mol. The lowest BCUT2D eigenvalue weighted by molar-refractivity contribution is -0.236. The topological polar surface area (TPSA) is 152 Å². The quantitative estimate of drug-likeness (QED) is 0.129. The Morgan fingerprint density at radius 3 is 1.72 bits per heavy atom. The van der Waals surface area contributed by atoms with Crippen LogP contribution in [-0.4, -0.2) is 76.2 Å². The maximum absolute atomic E-state index is 15.0. The van der Waals surface area contributed by atoms with Gasteiger partial charge in [0.25, 0.3) is 0 Å². The van der Waals surface area contributed by atoms with Gasteiger partial charge in [-0.05, 0) is 210 Å². The van der Waals surface area contributed by atoms with Gasteiger partial charge in [-0.15, -0.1) is 0 Å². The largest absolute Gasteiger partial charge is 0.462 e. The molecule has 1 aromatic rings. The van der Waals surface area contributed by atoms with Crippen LogP contribution >= 0.6 is 11.6 Å². The molecule has 76 heavy (non-hydrogen) atoms. The molecule has 6 rings (SSSR count). The molecule has 0 heterocycles. The molecule has 0 spiro atoms. The summed E-state index contributed by atoms with van der Waals surface area (Å²) in [6.45, 7) is 39.4. The molecular weight excluding hydrogens is 982 g/mol. The van der Waals surface area contributed by atoms with E-state index in [1.54, 1.807) is 65.5 Å². The van der Waals surface area contributed by atoms with Crippen LogP contribution in [0.1, 0.15) is 215 Å². The first-order valence-corrected chi connectivity index (χ1v) is 28.8. The Balaban J connectivity index is 1.38. The first-order chi connectivity index (χ1) is 34.5. The van der Waals surface area contributed by atoms with Crippen LogP contribution in [0.3, 0.4) is 0 Å². The molecule has 1 amide bonds. The Labute approximate surface area is 461 Å². The van der Waals surface area contributed by atoms with E-state index in [4.69, 9.17) is 35.3 Å². The van der Waals surface area contributed by atoms with Crippen molar-refractivity contribution >= 4 is 47.4 Å². The standard InChI is InChI=1S/C63H96ClNO11/c1-38(2)49-42(66)33-63(46(73-48(68)35-58(14,15)52(70)75-55(6,7)8)37-65(53(71)76-56(9,10)11)36-39-21-23-40(64)24-22-39)32-31-61(19)41(50(49)63)25-26-44-60(18)29-28-45(59(16,17)43(60)27-30-62(44,61)20)72-47(67)34-57(12,13)51(69)74-54(3,4)5/h21-24,38,41,43-46H,25-37H2,1-20H3/t41-,43+,44-,45+,46+,60+,61-,62-,63+/m1/s1. The van der Waals surface area contributed by atoms with E-state index in [0.29, 0.717) is 23.8 Å². The highest BCUT2D eigenvalue weighted by Gasteiger charge is 2.71. The van der Waals surface area contributed by atoms with E-state index < -0.39 is 63.2 Å². The summed E-state index contributed by atoms with van der Waals surface area (Å²) >= 11 is 6.34. The molecule has 1 aromatic carbocycles. The van der Waals surface area contributed by atoms with Gasteiger partial charge in [-0.3, -0.25) is 24.0 Å². The highest BCUT2D eigenvalue weighted by Crippen LogP contribution is 2.77. The maximum Gasteiger partial charge on any atom is 0.410 e. The van der Waals surface area contributed by atoms with Gasteiger partial charge in [0, 0.05) is 28.8 Å². The van der Waals surface area contributed by atoms with Crippen LogP contribution in [0.4, 0.5) is 4.79 Å². The van der Waals surface area contributed by atoms with Crippen molar-refractivity contribution < 1.29 is 52.5 Å². The lowest BCUT2D eigenvalue weighted by Crippen LogP contribution is -2.66. The molecule has 0 aliphatic heterocycles. The van der Waals surface area contributed by atoms with Crippen molar-refractivity contribution in [2.45, 2.75) is 245 Å². The fraction of sp³-hybridized carbons (Fsp3) is 0.778. The number of fused-ring (bicyclic) bond motifs is 7. The maximum atomic E-state index is 15.0. The molecule has 4 saturated carbocycles. The minimum Gasteiger partial charge on any atom is -0.462 e. The summed E-state index contributed by atoms with van der Waals surface area (Å²) in [5.74, 6) is -1.42. The van der Waals surface area contributed by atoms with Crippen molar-refractivity contribution in [3.63, 3.8) is 0 Å². The number of Topliss-reactive ketones (excluding diaryl/α,β-unsaturated/α-hetero) is 1. The van der Waals surface area contributed by atoms with E-state index in [1.165, 1.54) is 0 Å². The molecular formula is C63H96ClNO11. The van der Waals surface area contributed by atoms with Gasteiger partial charge in [0.15, 0.2) is 5.78 Å². The molecule has 426 valence electrons. The highest BCUT2D eigenvalue weighted by molar-refractivity contribution is 6.30. The molecule has 5 aliphatic carbocycles. The Kier molecular flexibility index (Phi) is 16.9. The summed E-state index contributed by atoms with van der Waals surface area (Å²) in [6, 6.07) is 7.27. The van der Waals surface area contributed by atoms with Gasteiger partial charge >= 0.3 is 30.0 Å². The van der Waals surface area contributed by atoms with E-state index in [9.17, 15) is 24.0 Å². The molecule has 13 heteroatoms. The molecule has 0 aromatic heterocycles. The Morgan fingerprint density at radius 1 is 0.658 bits per heavy atom. The average Bonchev–Trinajstić information content (AvgIpc) is 3.56. The third kappa shape index (κ3) is 12.3. The smallest absolute Gasteiger partial charge is 0.410 e. The molecule has 0 saturated heterocycles. The lowest BCUT2D eigenvalue weighted by Gasteiger charge is -2.72. The van der Waals surface area contributed by atoms with E-state index in [0.717, 1.165) is 55.2 Å². The third-order valence-corrected chi connectivity index (χ3v) is 19.2. The van der Waals surface area contributed by atoms with Gasteiger partial charge in [-0.1, -0.05) is 72.2 Å². The Morgan fingerprint density at radius 2 is 1.20 bits per heavy atom. The molecule has 0 bridgehead atoms. The molecule has 4 fully saturated rings. The van der Waals surface area contributed by atoms with Crippen molar-refractivity contribution in [2.75, 3.05) is 6.54 Å². The molecule has 12 nitrogen and oxygen atoms in total. The number of ether oxygens (including phenoxy) is 5. The van der Waals surface area contributed by atoms with E-state index >= 15 is 4.79 Å². The number of allylic oxidation sites excluding steroid dienone is 1. The lowest BCUT2D eigenvalue weighted by atomic mass is 9.33. The van der Waals surface area contributed by atoms with Crippen molar-refractivity contribution in [1.82, 2.24) is 4.90 Å². The number of amides is 1. The minimum atomic E-state index is -1.24. The number of hydrogen-bond acceptors (Lipinski definition) is 11. The van der Waals surface area contributed by atoms with Gasteiger partial charge in [0.1, 0.15) is 29.0 Å². The van der Waals surface area contributed by atoms with Gasteiger partial charge in [-0.2, -0.15) is 0 Å². The van der Waals surface area contributed by atoms with Crippen LogP contribution in [0.5, 0.6) is 0 Å². The van der Waals surface area contributed by atoms with Crippen LogP contribution in [0.25, 0.3) is 0 Å². The van der Waals surface area contributed by atoms with Crippen LogP contribution in [0, 0.1) is 61.6 Å². The van der Waals surface area contributed by atoms with Crippen molar-refractivity contribution in [1.29, 1.82) is 0 Å². The summed E-state index contributed by atoms with van der Waals surface area (Å²) in [7, 11) is 0. The highest BCUT2D eigenvalue weighted by atomic mass is 35.5. The normalized spacial score (nSPS) is 30.0. The number of carbonyl (C=O) groups excluding carboxylic acids is 6. The van der Waals surface area contributed by atoms with Crippen molar-refractivity contribution in [3.05, 3.63) is 46.0 Å². The van der Waals surface area contributed by atoms with Crippen molar-refractivity contribution in [3.8, 4) is 0 Å². The second-order valence-electron chi connectivity index (χ2n) is 29.8. The van der Waals surface area contributed by atoms with Gasteiger partial charge in [-0.25, -0.2) is 4.79 Å². The second kappa shape index (κ2) is 20.9. The van der Waals surface area contributed by atoms with E-state index in [2.05, 4.69) is 48.5 Å². The second-order valence-corrected chi connectivity index (χ2v) is 30.2. The van der Waals surface area contributed by atoms with Crippen LogP contribution < -0.4 is 0 Å². The molecule has 0 N–H and O–H groups in total. The molecule has 5 aliphatic rings.